The highest BCUT2D eigenvalue weighted by Gasteiger charge is 2.13. The fourth-order valence-corrected chi connectivity index (χ4v) is 2.89. The van der Waals surface area contributed by atoms with Gasteiger partial charge in [0.15, 0.2) is 0 Å². The number of nitrogens with zero attached hydrogens (tertiary/aromatic N) is 2. The molecule has 0 saturated carbocycles. The second-order valence-electron chi connectivity index (χ2n) is 5.87. The van der Waals surface area contributed by atoms with Crippen LogP contribution in [0.2, 0.25) is 5.02 Å². The summed E-state index contributed by atoms with van der Waals surface area (Å²) >= 11 is 6.00. The van der Waals surface area contributed by atoms with Crippen LogP contribution in [-0.2, 0) is 0 Å². The van der Waals surface area contributed by atoms with Gasteiger partial charge in [0, 0.05) is 23.0 Å². The van der Waals surface area contributed by atoms with E-state index in [4.69, 9.17) is 21.1 Å². The third-order valence-corrected chi connectivity index (χ3v) is 4.36. The Labute approximate surface area is 161 Å². The molecule has 3 aromatic rings. The number of anilines is 1. The minimum Gasteiger partial charge on any atom is -0.497 e. The number of rotatable bonds is 6. The third-order valence-electron chi connectivity index (χ3n) is 4.13. The molecule has 1 unspecified atom stereocenters. The summed E-state index contributed by atoms with van der Waals surface area (Å²) in [6.07, 6.45) is -0.817. The van der Waals surface area contributed by atoms with Crippen molar-refractivity contribution in [3.8, 4) is 17.6 Å². The molecule has 2 N–H and O–H groups in total. The van der Waals surface area contributed by atoms with Gasteiger partial charge >= 0.3 is 0 Å². The average molecular weight is 384 g/mol. The van der Waals surface area contributed by atoms with E-state index in [0.29, 0.717) is 44.4 Å². The van der Waals surface area contributed by atoms with E-state index in [1.165, 1.54) is 0 Å². The number of nitriles is 1. The summed E-state index contributed by atoms with van der Waals surface area (Å²) in [6, 6.07) is 14.2. The first kappa shape index (κ1) is 18.8. The van der Waals surface area contributed by atoms with Crippen LogP contribution in [-0.4, -0.2) is 30.9 Å². The molecule has 3 rings (SSSR count). The van der Waals surface area contributed by atoms with Crippen LogP contribution < -0.4 is 14.8 Å². The van der Waals surface area contributed by atoms with Crippen LogP contribution in [0.3, 0.4) is 0 Å². The smallest absolute Gasteiger partial charge is 0.128 e. The summed E-state index contributed by atoms with van der Waals surface area (Å²) in [5.74, 6) is 1.68. The molecular weight excluding hydrogens is 366 g/mol. The van der Waals surface area contributed by atoms with E-state index in [0.717, 1.165) is 0 Å². The van der Waals surface area contributed by atoms with Crippen molar-refractivity contribution in [3.63, 3.8) is 0 Å². The topological polar surface area (TPSA) is 87.4 Å². The minimum atomic E-state index is -0.817. The largest absolute Gasteiger partial charge is 0.497 e. The molecule has 0 saturated heterocycles. The number of hydrogen-bond acceptors (Lipinski definition) is 6. The Morgan fingerprint density at radius 2 is 1.85 bits per heavy atom. The van der Waals surface area contributed by atoms with Crippen molar-refractivity contribution in [3.05, 3.63) is 58.6 Å². The van der Waals surface area contributed by atoms with Crippen molar-refractivity contribution >= 4 is 28.3 Å². The lowest BCUT2D eigenvalue weighted by Crippen LogP contribution is -2.13. The lowest BCUT2D eigenvalue weighted by molar-refractivity contribution is 0.190. The number of ether oxygens (including phenoxy) is 2. The molecule has 2 aromatic carbocycles. The zero-order valence-corrected chi connectivity index (χ0v) is 15.6. The number of pyridine rings is 1. The van der Waals surface area contributed by atoms with Gasteiger partial charge in [-0.2, -0.15) is 5.26 Å². The summed E-state index contributed by atoms with van der Waals surface area (Å²) in [6.45, 7) is 0.202. The number of halogens is 1. The third kappa shape index (κ3) is 4.22. The van der Waals surface area contributed by atoms with Gasteiger partial charge in [-0.15, -0.1) is 0 Å². The van der Waals surface area contributed by atoms with Crippen LogP contribution in [0.25, 0.3) is 10.9 Å². The predicted molar refractivity (Wildman–Crippen MR) is 104 cm³/mol. The van der Waals surface area contributed by atoms with Gasteiger partial charge in [-0.3, -0.25) is 0 Å². The van der Waals surface area contributed by atoms with E-state index in [2.05, 4.69) is 16.4 Å². The van der Waals surface area contributed by atoms with Gasteiger partial charge in [-0.05, 0) is 42.0 Å². The number of aliphatic hydroxyl groups excluding tert-OH is 1. The van der Waals surface area contributed by atoms with Crippen molar-refractivity contribution in [2.75, 3.05) is 26.1 Å². The Bertz CT molecular complexity index is 995. The van der Waals surface area contributed by atoms with Crippen LogP contribution in [0, 0.1) is 11.3 Å². The van der Waals surface area contributed by atoms with Gasteiger partial charge < -0.3 is 19.9 Å². The molecule has 6 nitrogen and oxygen atoms in total. The summed E-state index contributed by atoms with van der Waals surface area (Å²) in [7, 11) is 3.11. The molecule has 0 aliphatic heterocycles. The standard InChI is InChI=1S/C20H18ClN3O3/c1-26-15-5-12(6-16(9-15)27-2)19(25)11-23-20-7-13(10-22)17-8-14(21)3-4-18(17)24-20/h3-9,19,25H,11H2,1-2H3,(H,23,24). The lowest BCUT2D eigenvalue weighted by Gasteiger charge is -2.15. The molecule has 0 fully saturated rings. The van der Waals surface area contributed by atoms with E-state index < -0.39 is 6.10 Å². The van der Waals surface area contributed by atoms with Crippen LogP contribution >= 0.6 is 11.6 Å². The summed E-state index contributed by atoms with van der Waals surface area (Å²) in [5.41, 5.74) is 1.76. The molecule has 0 bridgehead atoms. The number of aliphatic hydroxyl groups is 1. The van der Waals surface area contributed by atoms with Crippen LogP contribution in [0.5, 0.6) is 11.5 Å². The van der Waals surface area contributed by atoms with E-state index in [9.17, 15) is 10.4 Å². The van der Waals surface area contributed by atoms with E-state index >= 15 is 0 Å². The maximum Gasteiger partial charge on any atom is 0.128 e. The van der Waals surface area contributed by atoms with Crippen molar-refractivity contribution in [2.45, 2.75) is 6.10 Å². The molecule has 27 heavy (non-hydrogen) atoms. The predicted octanol–water partition coefficient (Wildman–Crippen LogP) is 3.92. The zero-order chi connectivity index (χ0) is 19.4. The first-order valence-electron chi connectivity index (χ1n) is 8.19. The quantitative estimate of drug-likeness (QED) is 0.670. The van der Waals surface area contributed by atoms with Crippen molar-refractivity contribution in [1.82, 2.24) is 4.98 Å². The van der Waals surface area contributed by atoms with Crippen LogP contribution in [0.15, 0.2) is 42.5 Å². The fourth-order valence-electron chi connectivity index (χ4n) is 2.72. The van der Waals surface area contributed by atoms with E-state index in [1.807, 2.05) is 0 Å². The highest BCUT2D eigenvalue weighted by Crippen LogP contribution is 2.27. The maximum absolute atomic E-state index is 10.5. The molecule has 0 radical (unpaired) electrons. The van der Waals surface area contributed by atoms with Gasteiger partial charge in [0.2, 0.25) is 0 Å². The summed E-state index contributed by atoms with van der Waals surface area (Å²) in [4.78, 5) is 4.48. The molecule has 138 valence electrons. The molecule has 0 aliphatic rings. The highest BCUT2D eigenvalue weighted by molar-refractivity contribution is 6.31. The Hall–Kier alpha value is -3.01. The molecular formula is C20H18ClN3O3. The second kappa shape index (κ2) is 8.12. The summed E-state index contributed by atoms with van der Waals surface area (Å²) in [5, 5.41) is 24.2. The monoisotopic (exact) mass is 383 g/mol. The molecule has 1 atom stereocenters. The number of fused-ring (bicyclic) bond motifs is 1. The normalized spacial score (nSPS) is 11.7. The van der Waals surface area contributed by atoms with Crippen molar-refractivity contribution < 1.29 is 14.6 Å². The van der Waals surface area contributed by atoms with Gasteiger partial charge in [0.25, 0.3) is 0 Å². The first-order chi connectivity index (χ1) is 13.0. The molecule has 7 heteroatoms. The van der Waals surface area contributed by atoms with Gasteiger partial charge in [0.1, 0.15) is 17.3 Å². The van der Waals surface area contributed by atoms with Gasteiger partial charge in [0.05, 0.1) is 37.5 Å². The average Bonchev–Trinajstić information content (AvgIpc) is 2.70. The number of methoxy groups -OCH3 is 2. The SMILES string of the molecule is COc1cc(OC)cc(C(O)CNc2cc(C#N)c3cc(Cl)ccc3n2)c1. The minimum absolute atomic E-state index is 0.202. The Kier molecular flexibility index (Phi) is 5.65. The fraction of sp³-hybridized carbons (Fsp3) is 0.200. The number of hydrogen-bond donors (Lipinski definition) is 2. The number of benzene rings is 2. The molecule has 1 aromatic heterocycles. The summed E-state index contributed by atoms with van der Waals surface area (Å²) < 4.78 is 10.5. The van der Waals surface area contributed by atoms with E-state index in [-0.39, 0.29) is 6.54 Å². The number of aromatic nitrogens is 1. The number of nitrogens with one attached hydrogen (secondary N) is 1. The lowest BCUT2D eigenvalue weighted by atomic mass is 10.1. The van der Waals surface area contributed by atoms with E-state index in [1.54, 1.807) is 56.7 Å². The highest BCUT2D eigenvalue weighted by atomic mass is 35.5. The Morgan fingerprint density at radius 3 is 2.48 bits per heavy atom. The molecule has 0 aliphatic carbocycles. The van der Waals surface area contributed by atoms with Crippen molar-refractivity contribution in [2.24, 2.45) is 0 Å². The van der Waals surface area contributed by atoms with Gasteiger partial charge in [-0.1, -0.05) is 11.6 Å². The van der Waals surface area contributed by atoms with Crippen molar-refractivity contribution in [1.29, 1.82) is 5.26 Å². The van der Waals surface area contributed by atoms with Crippen LogP contribution in [0.4, 0.5) is 5.82 Å². The van der Waals surface area contributed by atoms with Crippen LogP contribution in [0.1, 0.15) is 17.2 Å². The Balaban J connectivity index is 1.82. The molecule has 0 amide bonds. The second-order valence-corrected chi connectivity index (χ2v) is 6.31. The zero-order valence-electron chi connectivity index (χ0n) is 14.9. The molecule has 1 heterocycles. The first-order valence-corrected chi connectivity index (χ1v) is 8.57. The van der Waals surface area contributed by atoms with Gasteiger partial charge in [-0.25, -0.2) is 4.98 Å². The maximum atomic E-state index is 10.5. The Morgan fingerprint density at radius 1 is 1.15 bits per heavy atom. The molecule has 0 spiro atoms.